The fraction of sp³-hybridized carbons (Fsp3) is 0.714. The molecule has 2 N–H and O–H groups in total. The molecule has 0 spiro atoms. The number of benzene rings is 1. The van der Waals surface area contributed by atoms with Gasteiger partial charge < -0.3 is 5.32 Å². The van der Waals surface area contributed by atoms with Crippen molar-refractivity contribution in [1.82, 2.24) is 5.43 Å². The number of fused-ring (bicyclic) bond motifs is 5. The summed E-state index contributed by atoms with van der Waals surface area (Å²) in [4.78, 5) is 0. The van der Waals surface area contributed by atoms with E-state index in [-0.39, 0.29) is 0 Å². The van der Waals surface area contributed by atoms with Crippen molar-refractivity contribution >= 4 is 28.7 Å². The number of hydrogen-bond acceptors (Lipinski definition) is 2. The summed E-state index contributed by atoms with van der Waals surface area (Å²) in [6.45, 7) is 14.7. The highest BCUT2D eigenvalue weighted by Crippen LogP contribution is 2.67. The lowest BCUT2D eigenvalue weighted by atomic mass is 9.47. The number of anilines is 1. The van der Waals surface area contributed by atoms with Crippen LogP contribution in [0.3, 0.4) is 0 Å². The molecule has 0 unspecified atom stereocenters. The number of nitrogens with one attached hydrogen (secondary N) is 2. The maximum absolute atomic E-state index is 5.53. The Morgan fingerprint density at radius 3 is 2.67 bits per heavy atom. The molecule has 3 saturated carbocycles. The highest BCUT2D eigenvalue weighted by Gasteiger charge is 2.58. The first-order valence-electron chi connectivity index (χ1n) is 16.0. The summed E-state index contributed by atoms with van der Waals surface area (Å²) >= 11 is 5.53. The number of allylic oxidation sites excluding steroid dienone is 2. The van der Waals surface area contributed by atoms with Crippen LogP contribution in [0.1, 0.15) is 111 Å². The minimum Gasteiger partial charge on any atom is -0.331 e. The van der Waals surface area contributed by atoms with E-state index in [9.17, 15) is 0 Å². The highest BCUT2D eigenvalue weighted by atomic mass is 32.1. The van der Waals surface area contributed by atoms with Crippen LogP contribution in [0.4, 0.5) is 5.69 Å². The molecule has 4 heteroatoms. The number of hydrogen-bond donors (Lipinski definition) is 2. The molecule has 214 valence electrons. The molecule has 39 heavy (non-hydrogen) atoms. The topological polar surface area (TPSA) is 36.4 Å². The number of thiocarbonyl (C=S) groups is 1. The third kappa shape index (κ3) is 5.88. The predicted molar refractivity (Wildman–Crippen MR) is 171 cm³/mol. The molecule has 3 fully saturated rings. The number of nitrogens with zero attached hydrogens (tertiary/aromatic N) is 1. The minimum atomic E-state index is 0.352. The summed E-state index contributed by atoms with van der Waals surface area (Å²) in [6, 6.07) is 8.28. The maximum atomic E-state index is 5.53. The molecule has 3 nitrogen and oxygen atoms in total. The van der Waals surface area contributed by atoms with Gasteiger partial charge >= 0.3 is 0 Å². The Bertz CT molecular complexity index is 1100. The molecule has 0 amide bonds. The number of aryl methyl sites for hydroxylation is 1. The van der Waals surface area contributed by atoms with Crippen molar-refractivity contribution in [3.8, 4) is 0 Å². The monoisotopic (exact) mass is 547 g/mol. The molecule has 1 aromatic carbocycles. The average molecular weight is 548 g/mol. The quantitative estimate of drug-likeness (QED) is 0.203. The lowest BCUT2D eigenvalue weighted by Gasteiger charge is -2.58. The van der Waals surface area contributed by atoms with Gasteiger partial charge in [0.05, 0.1) is 0 Å². The smallest absolute Gasteiger partial charge is 0.191 e. The first kappa shape index (κ1) is 28.8. The Hall–Kier alpha value is -1.68. The van der Waals surface area contributed by atoms with Crippen LogP contribution in [-0.4, -0.2) is 10.8 Å². The van der Waals surface area contributed by atoms with Crippen LogP contribution in [0, 0.1) is 53.3 Å². The van der Waals surface area contributed by atoms with E-state index in [0.29, 0.717) is 15.9 Å². The summed E-state index contributed by atoms with van der Waals surface area (Å²) in [7, 11) is 0. The second-order valence-electron chi connectivity index (χ2n) is 14.6. The zero-order valence-electron chi connectivity index (χ0n) is 25.5. The Labute approximate surface area is 244 Å². The Kier molecular flexibility index (Phi) is 8.63. The summed E-state index contributed by atoms with van der Waals surface area (Å²) in [5.41, 5.74) is 9.19. The summed E-state index contributed by atoms with van der Waals surface area (Å²) < 4.78 is 0. The second-order valence-corrected chi connectivity index (χ2v) is 15.0. The molecule has 0 aliphatic heterocycles. The maximum Gasteiger partial charge on any atom is 0.191 e. The zero-order chi connectivity index (χ0) is 27.8. The molecule has 0 bridgehead atoms. The molecule has 4 aliphatic carbocycles. The van der Waals surface area contributed by atoms with Gasteiger partial charge in [0.25, 0.3) is 0 Å². The molecular formula is C35H53N3S. The van der Waals surface area contributed by atoms with E-state index in [1.807, 2.05) is 12.1 Å². The number of hydrazone groups is 1. The SMILES string of the molecule is Cc1cccc(NC(=S)N/N=C2\CC[C@@]3(C)C(=CC[C@H]4[C@@H]5CC[C@H]([C@H](C)CCCC(C)C)[C@@]5(C)CC[C@@H]43)C2)c1. The molecule has 7 atom stereocenters. The fourth-order valence-electron chi connectivity index (χ4n) is 9.62. The lowest BCUT2D eigenvalue weighted by Crippen LogP contribution is -2.50. The van der Waals surface area contributed by atoms with E-state index >= 15 is 0 Å². The van der Waals surface area contributed by atoms with E-state index in [2.05, 4.69) is 70.5 Å². The van der Waals surface area contributed by atoms with Crippen LogP contribution in [0.15, 0.2) is 41.0 Å². The van der Waals surface area contributed by atoms with Gasteiger partial charge in [-0.15, -0.1) is 0 Å². The molecule has 5 rings (SSSR count). The van der Waals surface area contributed by atoms with E-state index < -0.39 is 0 Å². The molecule has 0 heterocycles. The van der Waals surface area contributed by atoms with Crippen molar-refractivity contribution in [1.29, 1.82) is 0 Å². The zero-order valence-corrected chi connectivity index (χ0v) is 26.3. The third-order valence-electron chi connectivity index (χ3n) is 11.7. The van der Waals surface area contributed by atoms with Gasteiger partial charge in [0, 0.05) is 17.8 Å². The van der Waals surface area contributed by atoms with Crippen LogP contribution in [-0.2, 0) is 0 Å². The van der Waals surface area contributed by atoms with Gasteiger partial charge in [-0.3, -0.25) is 5.43 Å². The van der Waals surface area contributed by atoms with Crippen molar-refractivity contribution in [2.75, 3.05) is 5.32 Å². The van der Waals surface area contributed by atoms with Gasteiger partial charge in [0.1, 0.15) is 0 Å². The predicted octanol–water partition coefficient (Wildman–Crippen LogP) is 9.68. The first-order valence-corrected chi connectivity index (χ1v) is 16.4. The highest BCUT2D eigenvalue weighted by molar-refractivity contribution is 7.80. The Balaban J connectivity index is 1.22. The second kappa shape index (κ2) is 11.7. The van der Waals surface area contributed by atoms with Crippen molar-refractivity contribution < 1.29 is 0 Å². The van der Waals surface area contributed by atoms with Crippen LogP contribution in [0.2, 0.25) is 0 Å². The molecule has 0 saturated heterocycles. The van der Waals surface area contributed by atoms with Crippen molar-refractivity contribution in [2.45, 2.75) is 112 Å². The molecule has 4 aliphatic rings. The largest absolute Gasteiger partial charge is 0.331 e. The lowest BCUT2D eigenvalue weighted by molar-refractivity contribution is -0.0468. The van der Waals surface area contributed by atoms with Gasteiger partial charge in [-0.05, 0) is 128 Å². The summed E-state index contributed by atoms with van der Waals surface area (Å²) in [5, 5.41) is 8.62. The summed E-state index contributed by atoms with van der Waals surface area (Å²) in [6.07, 6.45) is 17.3. The van der Waals surface area contributed by atoms with Crippen LogP contribution in [0.5, 0.6) is 0 Å². The van der Waals surface area contributed by atoms with E-state index in [1.54, 1.807) is 5.57 Å². The standard InChI is InChI=1S/C35H53N3S/c1-23(2)9-7-11-25(4)30-15-16-31-29-14-13-26-22-28(17-19-34(26,5)32(29)18-20-35(30,31)6)37-38-33(39)36-27-12-8-10-24(3)21-27/h8,10,12-13,21,23,25,29-32H,7,9,11,14-20,22H2,1-6H3,(H2,36,38,39)/b37-28+/t25-,29+,30-,31+,32+,34+,35-/m1/s1. The van der Waals surface area contributed by atoms with Gasteiger partial charge in [-0.25, -0.2) is 0 Å². The van der Waals surface area contributed by atoms with Crippen LogP contribution in [0.25, 0.3) is 0 Å². The third-order valence-corrected chi connectivity index (χ3v) is 11.9. The van der Waals surface area contributed by atoms with Crippen LogP contribution >= 0.6 is 12.2 Å². The van der Waals surface area contributed by atoms with Crippen molar-refractivity contribution in [3.05, 3.63) is 41.5 Å². The molecular weight excluding hydrogens is 494 g/mol. The fourth-order valence-corrected chi connectivity index (χ4v) is 9.78. The van der Waals surface area contributed by atoms with Gasteiger partial charge in [-0.1, -0.05) is 77.7 Å². The minimum absolute atomic E-state index is 0.352. The number of rotatable bonds is 7. The van der Waals surface area contributed by atoms with Crippen molar-refractivity contribution in [3.63, 3.8) is 0 Å². The average Bonchev–Trinajstić information content (AvgIpc) is 3.24. The van der Waals surface area contributed by atoms with Gasteiger partial charge in [0.15, 0.2) is 5.11 Å². The van der Waals surface area contributed by atoms with Gasteiger partial charge in [0.2, 0.25) is 0 Å². The van der Waals surface area contributed by atoms with Gasteiger partial charge in [-0.2, -0.15) is 5.10 Å². The van der Waals surface area contributed by atoms with E-state index in [1.165, 1.54) is 69.1 Å². The van der Waals surface area contributed by atoms with E-state index in [0.717, 1.165) is 54.0 Å². The first-order chi connectivity index (χ1) is 18.6. The molecule has 0 radical (unpaired) electrons. The molecule has 1 aromatic rings. The normalized spacial score (nSPS) is 35.6. The summed E-state index contributed by atoms with van der Waals surface area (Å²) in [5.74, 6) is 5.31. The van der Waals surface area contributed by atoms with Crippen LogP contribution < -0.4 is 10.7 Å². The molecule has 0 aromatic heterocycles. The Morgan fingerprint density at radius 2 is 1.90 bits per heavy atom. The van der Waals surface area contributed by atoms with Crippen molar-refractivity contribution in [2.24, 2.45) is 51.4 Å². The Morgan fingerprint density at radius 1 is 1.08 bits per heavy atom. The van der Waals surface area contributed by atoms with E-state index in [4.69, 9.17) is 17.3 Å².